The molecule has 1 rings (SSSR count). The first-order valence-electron chi connectivity index (χ1n) is 7.97. The number of aliphatic hydroxyl groups excluding tert-OH is 1. The molecule has 1 aromatic rings. The van der Waals surface area contributed by atoms with Crippen molar-refractivity contribution in [3.63, 3.8) is 0 Å². The van der Waals surface area contributed by atoms with Crippen molar-refractivity contribution in [1.82, 2.24) is 0 Å². The van der Waals surface area contributed by atoms with Crippen LogP contribution in [0.4, 0.5) is 0 Å². The van der Waals surface area contributed by atoms with E-state index in [2.05, 4.69) is 6.92 Å². The molecule has 126 valence electrons. The fourth-order valence-corrected chi connectivity index (χ4v) is 3.24. The Kier molecular flexibility index (Phi) is 11.2. The van der Waals surface area contributed by atoms with Crippen molar-refractivity contribution in [2.75, 3.05) is 18.1 Å². The predicted molar refractivity (Wildman–Crippen MR) is 98.7 cm³/mol. The van der Waals surface area contributed by atoms with Gasteiger partial charge in [0.2, 0.25) is 0 Å². The second-order valence-corrected chi connectivity index (χ2v) is 7.35. The van der Waals surface area contributed by atoms with Crippen molar-refractivity contribution in [3.05, 3.63) is 28.2 Å². The zero-order valence-electron chi connectivity index (χ0n) is 13.2. The number of unbranched alkanes of at least 4 members (excludes halogenated alkanes) is 5. The van der Waals surface area contributed by atoms with E-state index in [0.717, 1.165) is 5.75 Å². The number of halogens is 2. The third-order valence-corrected chi connectivity index (χ3v) is 5.22. The summed E-state index contributed by atoms with van der Waals surface area (Å²) in [5.41, 5.74) is 0. The molecule has 0 amide bonds. The number of rotatable bonds is 12. The molecule has 5 heteroatoms. The average molecular weight is 365 g/mol. The summed E-state index contributed by atoms with van der Waals surface area (Å²) in [6, 6.07) is 5.11. The number of thioether (sulfide) groups is 1. The van der Waals surface area contributed by atoms with Crippen LogP contribution in [0.3, 0.4) is 0 Å². The van der Waals surface area contributed by atoms with Crippen LogP contribution < -0.4 is 4.74 Å². The summed E-state index contributed by atoms with van der Waals surface area (Å²) in [4.78, 5) is 0. The van der Waals surface area contributed by atoms with Crippen LogP contribution in [0.15, 0.2) is 18.2 Å². The average Bonchev–Trinajstić information content (AvgIpc) is 2.51. The van der Waals surface area contributed by atoms with Crippen LogP contribution in [0.2, 0.25) is 10.0 Å². The molecule has 1 N–H and O–H groups in total. The number of ether oxygens (including phenoxy) is 1. The molecule has 0 saturated heterocycles. The van der Waals surface area contributed by atoms with Crippen LogP contribution in [0.25, 0.3) is 0 Å². The van der Waals surface area contributed by atoms with Crippen molar-refractivity contribution >= 4 is 35.0 Å². The highest BCUT2D eigenvalue weighted by atomic mass is 35.5. The number of hydrogen-bond donors (Lipinski definition) is 1. The summed E-state index contributed by atoms with van der Waals surface area (Å²) in [6.07, 6.45) is 7.38. The standard InChI is InChI=1S/C17H26Cl2O2S/c1-2-3-4-5-6-7-10-22-13-14(20)12-21-15-8-9-16(18)17(19)11-15/h8-9,11,14,20H,2-7,10,12-13H2,1H3. The summed E-state index contributed by atoms with van der Waals surface area (Å²) in [5.74, 6) is 2.45. The zero-order valence-corrected chi connectivity index (χ0v) is 15.5. The summed E-state index contributed by atoms with van der Waals surface area (Å²) in [5, 5.41) is 10.9. The topological polar surface area (TPSA) is 29.5 Å². The molecule has 0 radical (unpaired) electrons. The van der Waals surface area contributed by atoms with Crippen molar-refractivity contribution in [2.45, 2.75) is 51.6 Å². The quantitative estimate of drug-likeness (QED) is 0.473. The Hall–Kier alpha value is -0.0900. The highest BCUT2D eigenvalue weighted by Gasteiger charge is 2.07. The zero-order chi connectivity index (χ0) is 16.2. The largest absolute Gasteiger partial charge is 0.491 e. The maximum atomic E-state index is 9.90. The molecule has 0 aromatic heterocycles. The normalized spacial score (nSPS) is 12.4. The third kappa shape index (κ3) is 9.14. The van der Waals surface area contributed by atoms with Crippen LogP contribution in [0.5, 0.6) is 5.75 Å². The van der Waals surface area contributed by atoms with E-state index < -0.39 is 6.10 Å². The van der Waals surface area contributed by atoms with Crippen LogP contribution in [0, 0.1) is 0 Å². The van der Waals surface area contributed by atoms with Gasteiger partial charge in [0.05, 0.1) is 16.1 Å². The van der Waals surface area contributed by atoms with E-state index in [9.17, 15) is 5.11 Å². The second-order valence-electron chi connectivity index (χ2n) is 5.38. The monoisotopic (exact) mass is 364 g/mol. The molecule has 1 atom stereocenters. The summed E-state index contributed by atoms with van der Waals surface area (Å²) < 4.78 is 5.52. The molecule has 22 heavy (non-hydrogen) atoms. The summed E-state index contributed by atoms with van der Waals surface area (Å²) in [7, 11) is 0. The van der Waals surface area contributed by atoms with Crippen molar-refractivity contribution in [1.29, 1.82) is 0 Å². The number of hydrogen-bond acceptors (Lipinski definition) is 3. The van der Waals surface area contributed by atoms with Crippen molar-refractivity contribution in [2.24, 2.45) is 0 Å². The van der Waals surface area contributed by atoms with E-state index in [-0.39, 0.29) is 6.61 Å². The van der Waals surface area contributed by atoms with Gasteiger partial charge in [0.15, 0.2) is 0 Å². The van der Waals surface area contributed by atoms with Crippen LogP contribution in [-0.2, 0) is 0 Å². The van der Waals surface area contributed by atoms with Gasteiger partial charge in [-0.05, 0) is 24.3 Å². The molecule has 1 aromatic carbocycles. The first-order chi connectivity index (χ1) is 10.6. The molecule has 0 saturated carbocycles. The lowest BCUT2D eigenvalue weighted by Gasteiger charge is -2.12. The predicted octanol–water partition coefficient (Wildman–Crippen LogP) is 5.83. The molecule has 0 aliphatic rings. The van der Waals surface area contributed by atoms with Crippen molar-refractivity contribution in [3.8, 4) is 5.75 Å². The molecule has 0 heterocycles. The molecular weight excluding hydrogens is 339 g/mol. The number of aliphatic hydroxyl groups is 1. The Morgan fingerprint density at radius 2 is 1.82 bits per heavy atom. The lowest BCUT2D eigenvalue weighted by molar-refractivity contribution is 0.126. The van der Waals surface area contributed by atoms with Gasteiger partial charge >= 0.3 is 0 Å². The lowest BCUT2D eigenvalue weighted by Crippen LogP contribution is -2.20. The molecule has 0 fully saturated rings. The SMILES string of the molecule is CCCCCCCCSCC(O)COc1ccc(Cl)c(Cl)c1. The van der Waals surface area contributed by atoms with E-state index in [4.69, 9.17) is 27.9 Å². The summed E-state index contributed by atoms with van der Waals surface area (Å²) >= 11 is 13.5. The first kappa shape index (κ1) is 20.0. The minimum atomic E-state index is -0.459. The van der Waals surface area contributed by atoms with E-state index in [0.29, 0.717) is 21.5 Å². The number of benzene rings is 1. The Balaban J connectivity index is 2.03. The fraction of sp³-hybridized carbons (Fsp3) is 0.647. The smallest absolute Gasteiger partial charge is 0.121 e. The van der Waals surface area contributed by atoms with Gasteiger partial charge in [0.25, 0.3) is 0 Å². The van der Waals surface area contributed by atoms with Gasteiger partial charge in [-0.2, -0.15) is 11.8 Å². The highest BCUT2D eigenvalue weighted by molar-refractivity contribution is 7.99. The first-order valence-corrected chi connectivity index (χ1v) is 9.88. The Morgan fingerprint density at radius 1 is 1.09 bits per heavy atom. The molecular formula is C17H26Cl2O2S. The van der Waals surface area contributed by atoms with Gasteiger partial charge in [0, 0.05) is 11.8 Å². The Labute approximate surface area is 148 Å². The maximum absolute atomic E-state index is 9.90. The fourth-order valence-electron chi connectivity index (χ4n) is 2.01. The van der Waals surface area contributed by atoms with E-state index in [1.54, 1.807) is 30.0 Å². The van der Waals surface area contributed by atoms with Gasteiger partial charge in [-0.15, -0.1) is 0 Å². The van der Waals surface area contributed by atoms with Crippen molar-refractivity contribution < 1.29 is 9.84 Å². The van der Waals surface area contributed by atoms with E-state index in [1.165, 1.54) is 38.5 Å². The highest BCUT2D eigenvalue weighted by Crippen LogP contribution is 2.26. The van der Waals surface area contributed by atoms with Gasteiger partial charge in [-0.25, -0.2) is 0 Å². The lowest BCUT2D eigenvalue weighted by atomic mass is 10.1. The van der Waals surface area contributed by atoms with Gasteiger partial charge < -0.3 is 9.84 Å². The molecule has 0 spiro atoms. The molecule has 0 aliphatic heterocycles. The van der Waals surface area contributed by atoms with Gasteiger partial charge in [0.1, 0.15) is 12.4 Å². The van der Waals surface area contributed by atoms with Crippen LogP contribution in [0.1, 0.15) is 45.4 Å². The summed E-state index contributed by atoms with van der Waals surface area (Å²) in [6.45, 7) is 2.51. The second kappa shape index (κ2) is 12.3. The van der Waals surface area contributed by atoms with Crippen LogP contribution >= 0.6 is 35.0 Å². The minimum Gasteiger partial charge on any atom is -0.491 e. The molecule has 1 unspecified atom stereocenters. The van der Waals surface area contributed by atoms with E-state index in [1.807, 2.05) is 0 Å². The van der Waals surface area contributed by atoms with Gasteiger partial charge in [-0.3, -0.25) is 0 Å². The Bertz CT molecular complexity index is 416. The molecule has 2 nitrogen and oxygen atoms in total. The molecule has 0 aliphatic carbocycles. The molecule has 0 bridgehead atoms. The maximum Gasteiger partial charge on any atom is 0.121 e. The van der Waals surface area contributed by atoms with E-state index >= 15 is 0 Å². The Morgan fingerprint density at radius 3 is 2.55 bits per heavy atom. The third-order valence-electron chi connectivity index (χ3n) is 3.29. The van der Waals surface area contributed by atoms with Crippen LogP contribution in [-0.4, -0.2) is 29.3 Å². The minimum absolute atomic E-state index is 0.279. The van der Waals surface area contributed by atoms with Gasteiger partial charge in [-0.1, -0.05) is 62.2 Å².